The molecule has 26 heavy (non-hydrogen) atoms. The Hall–Kier alpha value is -1.79. The molecule has 2 atom stereocenters. The number of rotatable bonds is 4. The predicted molar refractivity (Wildman–Crippen MR) is 105 cm³/mol. The first-order chi connectivity index (χ1) is 12.1. The summed E-state index contributed by atoms with van der Waals surface area (Å²) in [7, 11) is 0. The quantitative estimate of drug-likeness (QED) is 0.750. The number of hydrogen-bond donors (Lipinski definition) is 3. The maximum Gasteiger partial charge on any atom is 0.319 e. The standard InChI is InChI=1S/C19H28N4O2.ClH/c20-17-8-4-5-14(17)13-18(24)23-11-9-16(10-12-23)22-19(25)21-15-6-2-1-3-7-15;/h1-3,6-7,14,16-17H,4-5,8-13,20H2,(H2,21,22,25);1H/t14-,17+;/m0./s1. The van der Waals surface area contributed by atoms with Crippen LogP contribution in [0, 0.1) is 5.92 Å². The Morgan fingerprint density at radius 2 is 1.77 bits per heavy atom. The fourth-order valence-electron chi connectivity index (χ4n) is 3.82. The topological polar surface area (TPSA) is 87.5 Å². The Kier molecular flexibility index (Phi) is 7.72. The molecule has 2 fully saturated rings. The smallest absolute Gasteiger partial charge is 0.319 e. The number of benzene rings is 1. The summed E-state index contributed by atoms with van der Waals surface area (Å²) in [6, 6.07) is 9.50. The molecular weight excluding hydrogens is 352 g/mol. The minimum atomic E-state index is -0.187. The van der Waals surface area contributed by atoms with E-state index < -0.39 is 0 Å². The largest absolute Gasteiger partial charge is 0.343 e. The summed E-state index contributed by atoms with van der Waals surface area (Å²) in [5.41, 5.74) is 6.85. The molecule has 0 aromatic heterocycles. The molecule has 3 rings (SSSR count). The van der Waals surface area contributed by atoms with Gasteiger partial charge in [0.25, 0.3) is 0 Å². The van der Waals surface area contributed by atoms with E-state index in [-0.39, 0.29) is 36.4 Å². The van der Waals surface area contributed by atoms with Crippen LogP contribution in [-0.4, -0.2) is 42.0 Å². The number of likely N-dealkylation sites (tertiary alicyclic amines) is 1. The van der Waals surface area contributed by atoms with Crippen molar-refractivity contribution in [3.05, 3.63) is 30.3 Å². The number of nitrogens with zero attached hydrogens (tertiary/aromatic N) is 1. The Morgan fingerprint density at radius 3 is 2.38 bits per heavy atom. The van der Waals surface area contributed by atoms with Crippen molar-refractivity contribution in [2.24, 2.45) is 11.7 Å². The third kappa shape index (κ3) is 5.61. The van der Waals surface area contributed by atoms with Crippen LogP contribution < -0.4 is 16.4 Å². The molecule has 6 nitrogen and oxygen atoms in total. The number of anilines is 1. The van der Waals surface area contributed by atoms with Gasteiger partial charge in [-0.25, -0.2) is 4.79 Å². The highest BCUT2D eigenvalue weighted by Crippen LogP contribution is 2.27. The van der Waals surface area contributed by atoms with Crippen LogP contribution in [0.15, 0.2) is 30.3 Å². The number of urea groups is 1. The Morgan fingerprint density at radius 1 is 1.08 bits per heavy atom. The van der Waals surface area contributed by atoms with E-state index in [2.05, 4.69) is 10.6 Å². The first-order valence-corrected chi connectivity index (χ1v) is 9.28. The Bertz CT molecular complexity index is 590. The van der Waals surface area contributed by atoms with Crippen LogP contribution >= 0.6 is 12.4 Å². The fraction of sp³-hybridized carbons (Fsp3) is 0.579. The van der Waals surface area contributed by atoms with Crippen molar-refractivity contribution in [2.75, 3.05) is 18.4 Å². The second-order valence-electron chi connectivity index (χ2n) is 7.18. The summed E-state index contributed by atoms with van der Waals surface area (Å²) in [4.78, 5) is 26.4. The van der Waals surface area contributed by atoms with E-state index >= 15 is 0 Å². The van der Waals surface area contributed by atoms with Crippen LogP contribution in [0.3, 0.4) is 0 Å². The summed E-state index contributed by atoms with van der Waals surface area (Å²) >= 11 is 0. The predicted octanol–water partition coefficient (Wildman–Crippen LogP) is 2.74. The van der Waals surface area contributed by atoms with Crippen molar-refractivity contribution in [3.8, 4) is 0 Å². The van der Waals surface area contributed by atoms with Crippen LogP contribution in [0.1, 0.15) is 38.5 Å². The van der Waals surface area contributed by atoms with Gasteiger partial charge in [0.05, 0.1) is 0 Å². The summed E-state index contributed by atoms with van der Waals surface area (Å²) in [6.45, 7) is 1.41. The van der Waals surface area contributed by atoms with E-state index in [1.54, 1.807) is 0 Å². The molecule has 0 radical (unpaired) electrons. The highest BCUT2D eigenvalue weighted by molar-refractivity contribution is 5.89. The van der Waals surface area contributed by atoms with Crippen molar-refractivity contribution >= 4 is 30.0 Å². The summed E-state index contributed by atoms with van der Waals surface area (Å²) in [5, 5.41) is 5.83. The zero-order valence-corrected chi connectivity index (χ0v) is 15.8. The number of nitrogens with two attached hydrogens (primary N) is 1. The molecule has 0 spiro atoms. The van der Waals surface area contributed by atoms with Gasteiger partial charge in [-0.1, -0.05) is 24.6 Å². The van der Waals surface area contributed by atoms with Crippen LogP contribution in [0.5, 0.6) is 0 Å². The summed E-state index contributed by atoms with van der Waals surface area (Å²) in [6.07, 6.45) is 5.43. The van der Waals surface area contributed by atoms with Crippen LogP contribution in [0.4, 0.5) is 10.5 Å². The van der Waals surface area contributed by atoms with E-state index in [1.165, 1.54) is 0 Å². The summed E-state index contributed by atoms with van der Waals surface area (Å²) < 4.78 is 0. The monoisotopic (exact) mass is 380 g/mol. The van der Waals surface area contributed by atoms with E-state index in [1.807, 2.05) is 35.2 Å². The fourth-order valence-corrected chi connectivity index (χ4v) is 3.82. The minimum Gasteiger partial charge on any atom is -0.343 e. The average Bonchev–Trinajstić information content (AvgIpc) is 3.01. The molecule has 1 aliphatic heterocycles. The SMILES string of the molecule is Cl.N[C@@H]1CCC[C@H]1CC(=O)N1CCC(NC(=O)Nc2ccccc2)CC1. The van der Waals surface area contributed by atoms with Gasteiger partial charge in [-0.3, -0.25) is 4.79 Å². The molecule has 1 aromatic carbocycles. The highest BCUT2D eigenvalue weighted by Gasteiger charge is 2.30. The maximum atomic E-state index is 12.4. The second-order valence-corrected chi connectivity index (χ2v) is 7.18. The zero-order valence-electron chi connectivity index (χ0n) is 15.0. The first kappa shape index (κ1) is 20.5. The molecule has 3 amide bonds. The Balaban J connectivity index is 0.00000243. The number of carbonyl (C=O) groups excluding carboxylic acids is 2. The number of amides is 3. The molecule has 1 heterocycles. The molecule has 1 aromatic rings. The zero-order chi connectivity index (χ0) is 17.6. The van der Waals surface area contributed by atoms with Crippen molar-refractivity contribution in [1.29, 1.82) is 0 Å². The lowest BCUT2D eigenvalue weighted by atomic mass is 9.98. The minimum absolute atomic E-state index is 0. The van der Waals surface area contributed by atoms with E-state index in [9.17, 15) is 9.59 Å². The van der Waals surface area contributed by atoms with Crippen molar-refractivity contribution < 1.29 is 9.59 Å². The van der Waals surface area contributed by atoms with E-state index in [4.69, 9.17) is 5.73 Å². The maximum absolute atomic E-state index is 12.4. The molecule has 144 valence electrons. The Labute approximate surface area is 161 Å². The van der Waals surface area contributed by atoms with Gasteiger partial charge in [-0.15, -0.1) is 12.4 Å². The van der Waals surface area contributed by atoms with Gasteiger partial charge in [-0.05, 0) is 43.7 Å². The number of hydrogen-bond acceptors (Lipinski definition) is 3. The van der Waals surface area contributed by atoms with E-state index in [0.29, 0.717) is 25.4 Å². The summed E-state index contributed by atoms with van der Waals surface area (Å²) in [5.74, 6) is 0.564. The van der Waals surface area contributed by atoms with Gasteiger partial charge in [0.15, 0.2) is 0 Å². The van der Waals surface area contributed by atoms with Gasteiger partial charge < -0.3 is 21.3 Å². The molecule has 0 unspecified atom stereocenters. The molecule has 1 saturated carbocycles. The van der Waals surface area contributed by atoms with E-state index in [0.717, 1.165) is 37.8 Å². The van der Waals surface area contributed by atoms with Crippen molar-refractivity contribution in [3.63, 3.8) is 0 Å². The normalized spacial score (nSPS) is 23.2. The highest BCUT2D eigenvalue weighted by atomic mass is 35.5. The van der Waals surface area contributed by atoms with Gasteiger partial charge >= 0.3 is 6.03 Å². The molecule has 0 bridgehead atoms. The number of para-hydroxylation sites is 1. The van der Waals surface area contributed by atoms with Crippen LogP contribution in [0.25, 0.3) is 0 Å². The van der Waals surface area contributed by atoms with Gasteiger partial charge in [0.2, 0.25) is 5.91 Å². The van der Waals surface area contributed by atoms with Gasteiger partial charge in [-0.2, -0.15) is 0 Å². The number of carbonyl (C=O) groups is 2. The second kappa shape index (κ2) is 9.78. The lowest BCUT2D eigenvalue weighted by Gasteiger charge is -2.33. The average molecular weight is 381 g/mol. The third-order valence-corrected chi connectivity index (χ3v) is 5.37. The van der Waals surface area contributed by atoms with Crippen LogP contribution in [0.2, 0.25) is 0 Å². The van der Waals surface area contributed by atoms with Gasteiger partial charge in [0, 0.05) is 37.3 Å². The molecule has 1 saturated heterocycles. The first-order valence-electron chi connectivity index (χ1n) is 9.28. The molecule has 2 aliphatic rings. The molecule has 4 N–H and O–H groups in total. The molecular formula is C19H29ClN4O2. The molecule has 1 aliphatic carbocycles. The lowest BCUT2D eigenvalue weighted by Crippen LogP contribution is -2.48. The third-order valence-electron chi connectivity index (χ3n) is 5.37. The number of halogens is 1. The number of nitrogens with one attached hydrogen (secondary N) is 2. The molecule has 7 heteroatoms. The van der Waals surface area contributed by atoms with Crippen molar-refractivity contribution in [1.82, 2.24) is 10.2 Å². The van der Waals surface area contributed by atoms with Gasteiger partial charge in [0.1, 0.15) is 0 Å². The van der Waals surface area contributed by atoms with Crippen molar-refractivity contribution in [2.45, 2.75) is 50.6 Å². The van der Waals surface area contributed by atoms with Crippen LogP contribution in [-0.2, 0) is 4.79 Å². The number of piperidine rings is 1. The lowest BCUT2D eigenvalue weighted by molar-refractivity contribution is -0.133.